The molecule has 2 aliphatic rings. The highest BCUT2D eigenvalue weighted by Crippen LogP contribution is 2.63. The SMILES string of the molecule is c1ccc(-c2cc(-c3ccccc3-n3c4ccccc4c4cc5c(cc43)C3(c4ccccc4-c4ccccc43)c3ccccc3-5)nc(-c3ccccc3)n2)cc1. The van der Waals surface area contributed by atoms with E-state index in [4.69, 9.17) is 9.97 Å². The first-order chi connectivity index (χ1) is 27.8. The van der Waals surface area contributed by atoms with Crippen molar-refractivity contribution in [2.45, 2.75) is 5.41 Å². The molecule has 0 aliphatic heterocycles. The average Bonchev–Trinajstić information content (AvgIpc) is 3.87. The fraction of sp³-hybridized carbons (Fsp3) is 0.0189. The lowest BCUT2D eigenvalue weighted by molar-refractivity contribution is 0.794. The molecule has 0 radical (unpaired) electrons. The Labute approximate surface area is 324 Å². The summed E-state index contributed by atoms with van der Waals surface area (Å²) in [6.45, 7) is 0. The molecule has 0 amide bonds. The van der Waals surface area contributed by atoms with Crippen molar-refractivity contribution in [1.29, 1.82) is 0 Å². The van der Waals surface area contributed by atoms with Gasteiger partial charge in [-0.05, 0) is 74.8 Å². The largest absolute Gasteiger partial charge is 0.309 e. The molecule has 8 aromatic carbocycles. The van der Waals surface area contributed by atoms with E-state index in [0.29, 0.717) is 5.82 Å². The van der Waals surface area contributed by atoms with Gasteiger partial charge in [-0.3, -0.25) is 0 Å². The van der Waals surface area contributed by atoms with Crippen molar-refractivity contribution in [3.8, 4) is 61.8 Å². The molecule has 56 heavy (non-hydrogen) atoms. The van der Waals surface area contributed by atoms with E-state index in [2.05, 4.69) is 180 Å². The van der Waals surface area contributed by atoms with Gasteiger partial charge in [0.15, 0.2) is 5.82 Å². The van der Waals surface area contributed by atoms with Gasteiger partial charge in [-0.1, -0.05) is 170 Å². The summed E-state index contributed by atoms with van der Waals surface area (Å²) in [4.78, 5) is 10.4. The smallest absolute Gasteiger partial charge is 0.160 e. The summed E-state index contributed by atoms with van der Waals surface area (Å²) in [7, 11) is 0. The molecule has 1 spiro atoms. The quantitative estimate of drug-likeness (QED) is 0.182. The maximum atomic E-state index is 5.30. The normalized spacial score (nSPS) is 13.1. The van der Waals surface area contributed by atoms with Crippen LogP contribution in [-0.4, -0.2) is 14.5 Å². The maximum absolute atomic E-state index is 5.30. The first-order valence-corrected chi connectivity index (χ1v) is 19.3. The third kappa shape index (κ3) is 4.22. The number of benzene rings is 8. The highest BCUT2D eigenvalue weighted by molar-refractivity contribution is 6.13. The maximum Gasteiger partial charge on any atom is 0.160 e. The highest BCUT2D eigenvalue weighted by Gasteiger charge is 2.51. The summed E-state index contributed by atoms with van der Waals surface area (Å²) in [6, 6.07) is 72.5. The van der Waals surface area contributed by atoms with Crippen LogP contribution in [0.5, 0.6) is 0 Å². The zero-order valence-corrected chi connectivity index (χ0v) is 30.4. The van der Waals surface area contributed by atoms with Crippen LogP contribution < -0.4 is 0 Å². The molecule has 2 aromatic heterocycles. The molecule has 0 bridgehead atoms. The van der Waals surface area contributed by atoms with Gasteiger partial charge in [-0.15, -0.1) is 0 Å². The monoisotopic (exact) mass is 711 g/mol. The van der Waals surface area contributed by atoms with Gasteiger partial charge in [-0.25, -0.2) is 9.97 Å². The lowest BCUT2D eigenvalue weighted by atomic mass is 9.70. The summed E-state index contributed by atoms with van der Waals surface area (Å²) >= 11 is 0. The number of hydrogen-bond donors (Lipinski definition) is 0. The third-order valence-electron chi connectivity index (χ3n) is 12.0. The first kappa shape index (κ1) is 31.0. The molecule has 3 heteroatoms. The minimum atomic E-state index is -0.435. The van der Waals surface area contributed by atoms with Gasteiger partial charge in [0.05, 0.1) is 33.5 Å². The van der Waals surface area contributed by atoms with Gasteiger partial charge in [0.2, 0.25) is 0 Å². The molecule has 12 rings (SSSR count). The van der Waals surface area contributed by atoms with Crippen molar-refractivity contribution in [1.82, 2.24) is 14.5 Å². The van der Waals surface area contributed by atoms with Crippen LogP contribution in [0.2, 0.25) is 0 Å². The topological polar surface area (TPSA) is 30.7 Å². The fourth-order valence-corrected chi connectivity index (χ4v) is 9.76. The molecule has 0 saturated heterocycles. The Morgan fingerprint density at radius 1 is 0.339 bits per heavy atom. The van der Waals surface area contributed by atoms with Gasteiger partial charge in [0, 0.05) is 27.5 Å². The third-order valence-corrected chi connectivity index (χ3v) is 12.0. The van der Waals surface area contributed by atoms with E-state index in [9.17, 15) is 0 Å². The Bertz CT molecular complexity index is 3090. The Balaban J connectivity index is 1.17. The second-order valence-corrected chi connectivity index (χ2v) is 14.9. The summed E-state index contributed by atoms with van der Waals surface area (Å²) in [5.41, 5.74) is 18.4. The van der Waals surface area contributed by atoms with Crippen LogP contribution in [0.3, 0.4) is 0 Å². The van der Waals surface area contributed by atoms with E-state index >= 15 is 0 Å². The molecular weight excluding hydrogens is 679 g/mol. The molecule has 0 atom stereocenters. The zero-order chi connectivity index (χ0) is 36.8. The summed E-state index contributed by atoms with van der Waals surface area (Å²) in [5.74, 6) is 0.704. The van der Waals surface area contributed by atoms with Crippen molar-refractivity contribution in [2.24, 2.45) is 0 Å². The minimum absolute atomic E-state index is 0.435. The van der Waals surface area contributed by atoms with Crippen LogP contribution in [0.25, 0.3) is 83.6 Å². The average molecular weight is 712 g/mol. The van der Waals surface area contributed by atoms with Gasteiger partial charge in [0.1, 0.15) is 0 Å². The Hall–Kier alpha value is -7.36. The van der Waals surface area contributed by atoms with Crippen molar-refractivity contribution >= 4 is 21.8 Å². The predicted molar refractivity (Wildman–Crippen MR) is 229 cm³/mol. The van der Waals surface area contributed by atoms with Gasteiger partial charge in [-0.2, -0.15) is 0 Å². The van der Waals surface area contributed by atoms with E-state index < -0.39 is 5.41 Å². The molecule has 10 aromatic rings. The number of aromatic nitrogens is 3. The number of rotatable bonds is 4. The Morgan fingerprint density at radius 2 is 0.857 bits per heavy atom. The van der Waals surface area contributed by atoms with Gasteiger partial charge < -0.3 is 4.57 Å². The van der Waals surface area contributed by atoms with Crippen LogP contribution in [0.15, 0.2) is 200 Å². The molecule has 2 aliphatic carbocycles. The Kier molecular flexibility index (Phi) is 6.55. The molecule has 2 heterocycles. The van der Waals surface area contributed by atoms with Crippen LogP contribution in [0.4, 0.5) is 0 Å². The van der Waals surface area contributed by atoms with Crippen molar-refractivity contribution in [3.63, 3.8) is 0 Å². The van der Waals surface area contributed by atoms with Crippen LogP contribution in [-0.2, 0) is 5.41 Å². The number of nitrogens with zero attached hydrogens (tertiary/aromatic N) is 3. The fourth-order valence-electron chi connectivity index (χ4n) is 9.76. The molecule has 0 fully saturated rings. The molecule has 3 nitrogen and oxygen atoms in total. The van der Waals surface area contributed by atoms with Crippen molar-refractivity contribution in [3.05, 3.63) is 222 Å². The standard InChI is InChI=1S/C53H33N3/c1-3-17-34(18-4-1)47-33-48(55-52(54-47)35-19-5-2-6-20-35)40-25-11-16-30-50(40)56-49-29-15-10-24-39(49)42-31-41-38-23-9-14-28-45(38)53(46(41)32-51(42)56)43-26-12-7-21-36(43)37-22-8-13-27-44(37)53/h1-33H. The van der Waals surface area contributed by atoms with Crippen LogP contribution in [0, 0.1) is 0 Å². The van der Waals surface area contributed by atoms with Crippen molar-refractivity contribution < 1.29 is 0 Å². The lowest BCUT2D eigenvalue weighted by Gasteiger charge is -2.30. The van der Waals surface area contributed by atoms with E-state index in [1.54, 1.807) is 0 Å². The van der Waals surface area contributed by atoms with Crippen LogP contribution in [0.1, 0.15) is 22.3 Å². The van der Waals surface area contributed by atoms with Gasteiger partial charge in [0.25, 0.3) is 0 Å². The predicted octanol–water partition coefficient (Wildman–Crippen LogP) is 12.9. The highest BCUT2D eigenvalue weighted by atomic mass is 15.0. The van der Waals surface area contributed by atoms with E-state index in [-0.39, 0.29) is 0 Å². The first-order valence-electron chi connectivity index (χ1n) is 19.3. The van der Waals surface area contributed by atoms with Crippen molar-refractivity contribution in [2.75, 3.05) is 0 Å². The van der Waals surface area contributed by atoms with E-state index in [1.165, 1.54) is 60.8 Å². The summed E-state index contributed by atoms with van der Waals surface area (Å²) in [6.07, 6.45) is 0. The van der Waals surface area contributed by atoms with Gasteiger partial charge >= 0.3 is 0 Å². The lowest BCUT2D eigenvalue weighted by Crippen LogP contribution is -2.25. The minimum Gasteiger partial charge on any atom is -0.309 e. The summed E-state index contributed by atoms with van der Waals surface area (Å²) < 4.78 is 2.47. The molecule has 0 N–H and O–H groups in total. The number of para-hydroxylation sites is 2. The molecule has 0 saturated carbocycles. The summed E-state index contributed by atoms with van der Waals surface area (Å²) in [5, 5.41) is 2.46. The molecule has 260 valence electrons. The number of hydrogen-bond acceptors (Lipinski definition) is 2. The van der Waals surface area contributed by atoms with Crippen LogP contribution >= 0.6 is 0 Å². The second kappa shape index (κ2) is 11.8. The molecule has 0 unspecified atom stereocenters. The number of fused-ring (bicyclic) bond motifs is 13. The second-order valence-electron chi connectivity index (χ2n) is 14.9. The van der Waals surface area contributed by atoms with E-state index in [0.717, 1.165) is 39.3 Å². The zero-order valence-electron chi connectivity index (χ0n) is 30.4. The Morgan fingerprint density at radius 3 is 1.54 bits per heavy atom. The van der Waals surface area contributed by atoms with E-state index in [1.807, 2.05) is 24.3 Å². The molecular formula is C53H33N3.